The third-order valence-electron chi connectivity index (χ3n) is 3.92. The number of ether oxygens (including phenoxy) is 1. The predicted molar refractivity (Wildman–Crippen MR) is 100 cm³/mol. The minimum absolute atomic E-state index is 0.0258. The zero-order chi connectivity index (χ0) is 17.8. The van der Waals surface area contributed by atoms with Crippen LogP contribution in [0.15, 0.2) is 53.0 Å². The van der Waals surface area contributed by atoms with Crippen molar-refractivity contribution in [1.29, 1.82) is 0 Å². The van der Waals surface area contributed by atoms with E-state index in [1.807, 2.05) is 42.5 Å². The van der Waals surface area contributed by atoms with Crippen LogP contribution in [0, 0.1) is 0 Å². The number of nitrogens with one attached hydrogen (secondary N) is 1. The van der Waals surface area contributed by atoms with Crippen molar-refractivity contribution in [2.75, 3.05) is 37.0 Å². The summed E-state index contributed by atoms with van der Waals surface area (Å²) in [5, 5.41) is 2.80. The summed E-state index contributed by atoms with van der Waals surface area (Å²) in [4.78, 5) is 27.9. The molecule has 0 saturated carbocycles. The van der Waals surface area contributed by atoms with Crippen LogP contribution in [0.5, 0.6) is 5.75 Å². The summed E-state index contributed by atoms with van der Waals surface area (Å²) < 4.78 is 6.01. The van der Waals surface area contributed by atoms with Crippen LogP contribution in [0.1, 0.15) is 0 Å². The molecule has 1 saturated heterocycles. The number of hydrogen-bond donors (Lipinski definition) is 1. The Kier molecular flexibility index (Phi) is 5.23. The lowest BCUT2D eigenvalue weighted by atomic mass is 10.3. The first kappa shape index (κ1) is 17.3. The minimum Gasteiger partial charge on any atom is -0.497 e. The Morgan fingerprint density at radius 3 is 2.64 bits per heavy atom. The van der Waals surface area contributed by atoms with E-state index in [2.05, 4.69) is 21.2 Å². The third kappa shape index (κ3) is 4.11. The fourth-order valence-corrected chi connectivity index (χ4v) is 3.07. The maximum absolute atomic E-state index is 12.5. The molecule has 1 aliphatic rings. The van der Waals surface area contributed by atoms with E-state index in [0.29, 0.717) is 18.8 Å². The molecule has 0 aliphatic carbocycles. The van der Waals surface area contributed by atoms with Crippen LogP contribution in [0.4, 0.5) is 16.2 Å². The molecule has 0 bridgehead atoms. The van der Waals surface area contributed by atoms with E-state index >= 15 is 0 Å². The van der Waals surface area contributed by atoms with E-state index in [1.165, 1.54) is 4.90 Å². The fourth-order valence-electron chi connectivity index (χ4n) is 2.67. The van der Waals surface area contributed by atoms with Gasteiger partial charge in [0.25, 0.3) is 0 Å². The van der Waals surface area contributed by atoms with Crippen molar-refractivity contribution in [2.45, 2.75) is 0 Å². The van der Waals surface area contributed by atoms with Crippen molar-refractivity contribution in [3.8, 4) is 5.75 Å². The van der Waals surface area contributed by atoms with Crippen LogP contribution in [-0.4, -0.2) is 43.6 Å². The van der Waals surface area contributed by atoms with Crippen molar-refractivity contribution in [1.82, 2.24) is 4.90 Å². The third-order valence-corrected chi connectivity index (χ3v) is 4.42. The van der Waals surface area contributed by atoms with Gasteiger partial charge in [-0.1, -0.05) is 22.0 Å². The Morgan fingerprint density at radius 2 is 1.96 bits per heavy atom. The van der Waals surface area contributed by atoms with Gasteiger partial charge in [-0.3, -0.25) is 9.69 Å². The maximum atomic E-state index is 12.5. The van der Waals surface area contributed by atoms with Gasteiger partial charge in [0.1, 0.15) is 12.3 Å². The molecule has 0 unspecified atom stereocenters. The SMILES string of the molecule is COc1ccc(N2CCN(CC(=O)Nc3cccc(Br)c3)C2=O)cc1. The largest absolute Gasteiger partial charge is 0.497 e. The average molecular weight is 404 g/mol. The first-order valence-electron chi connectivity index (χ1n) is 7.83. The molecule has 1 N–H and O–H groups in total. The number of methoxy groups -OCH3 is 1. The highest BCUT2D eigenvalue weighted by atomic mass is 79.9. The van der Waals surface area contributed by atoms with Crippen molar-refractivity contribution in [3.63, 3.8) is 0 Å². The van der Waals surface area contributed by atoms with Gasteiger partial charge in [-0.25, -0.2) is 4.79 Å². The summed E-state index contributed by atoms with van der Waals surface area (Å²) in [6.07, 6.45) is 0. The van der Waals surface area contributed by atoms with Crippen LogP contribution in [0.25, 0.3) is 0 Å². The number of urea groups is 1. The van der Waals surface area contributed by atoms with Crippen LogP contribution >= 0.6 is 15.9 Å². The molecular formula is C18H18BrN3O3. The Hall–Kier alpha value is -2.54. The number of nitrogens with zero attached hydrogens (tertiary/aromatic N) is 2. The molecule has 1 heterocycles. The molecule has 2 aromatic rings. The zero-order valence-electron chi connectivity index (χ0n) is 13.7. The van der Waals surface area contributed by atoms with E-state index < -0.39 is 0 Å². The molecule has 3 amide bonds. The molecule has 0 aromatic heterocycles. The first-order valence-corrected chi connectivity index (χ1v) is 8.62. The minimum atomic E-state index is -0.219. The molecular weight excluding hydrogens is 386 g/mol. The lowest BCUT2D eigenvalue weighted by Gasteiger charge is -2.18. The van der Waals surface area contributed by atoms with Gasteiger partial charge in [-0.05, 0) is 42.5 Å². The predicted octanol–water partition coefficient (Wildman–Crippen LogP) is 3.34. The first-order chi connectivity index (χ1) is 12.1. The van der Waals surface area contributed by atoms with Gasteiger partial charge in [0.15, 0.2) is 0 Å². The molecule has 7 heteroatoms. The molecule has 2 aromatic carbocycles. The zero-order valence-corrected chi connectivity index (χ0v) is 15.3. The summed E-state index contributed by atoms with van der Waals surface area (Å²) in [5.74, 6) is 0.517. The monoisotopic (exact) mass is 403 g/mol. The van der Waals surface area contributed by atoms with Gasteiger partial charge in [0.05, 0.1) is 7.11 Å². The number of rotatable bonds is 5. The van der Waals surface area contributed by atoms with Crippen LogP contribution < -0.4 is 15.0 Å². The summed E-state index contributed by atoms with van der Waals surface area (Å²) in [7, 11) is 1.60. The van der Waals surface area contributed by atoms with Gasteiger partial charge < -0.3 is 15.0 Å². The summed E-state index contributed by atoms with van der Waals surface area (Å²) >= 11 is 3.36. The summed E-state index contributed by atoms with van der Waals surface area (Å²) in [5.41, 5.74) is 1.48. The van der Waals surface area contributed by atoms with Crippen molar-refractivity contribution >= 4 is 39.2 Å². The molecule has 1 fully saturated rings. The molecule has 0 spiro atoms. The second kappa shape index (κ2) is 7.57. The highest BCUT2D eigenvalue weighted by molar-refractivity contribution is 9.10. The topological polar surface area (TPSA) is 61.9 Å². The molecule has 0 radical (unpaired) electrons. The number of carbonyl (C=O) groups is 2. The second-order valence-corrected chi connectivity index (χ2v) is 6.53. The number of hydrogen-bond acceptors (Lipinski definition) is 3. The standard InChI is InChI=1S/C18H18BrN3O3/c1-25-16-7-5-15(6-8-16)22-10-9-21(18(22)24)12-17(23)20-14-4-2-3-13(19)11-14/h2-8,11H,9-10,12H2,1H3,(H,20,23). The Balaban J connectivity index is 1.60. The van der Waals surface area contributed by atoms with Gasteiger partial charge in [-0.15, -0.1) is 0 Å². The number of halogens is 1. The van der Waals surface area contributed by atoms with Gasteiger partial charge in [0.2, 0.25) is 5.91 Å². The van der Waals surface area contributed by atoms with Crippen LogP contribution in [-0.2, 0) is 4.79 Å². The molecule has 0 atom stereocenters. The van der Waals surface area contributed by atoms with Crippen LogP contribution in [0.2, 0.25) is 0 Å². The van der Waals surface area contributed by atoms with Crippen molar-refractivity contribution in [3.05, 3.63) is 53.0 Å². The summed E-state index contributed by atoms with van der Waals surface area (Å²) in [6.45, 7) is 1.09. The van der Waals surface area contributed by atoms with Crippen LogP contribution in [0.3, 0.4) is 0 Å². The number of amides is 3. The van der Waals surface area contributed by atoms with E-state index in [4.69, 9.17) is 4.74 Å². The number of anilines is 2. The van der Waals surface area contributed by atoms with Gasteiger partial charge in [-0.2, -0.15) is 0 Å². The highest BCUT2D eigenvalue weighted by Gasteiger charge is 2.30. The number of benzene rings is 2. The summed E-state index contributed by atoms with van der Waals surface area (Å²) in [6, 6.07) is 14.5. The molecule has 6 nitrogen and oxygen atoms in total. The number of carbonyl (C=O) groups excluding carboxylic acids is 2. The molecule has 130 valence electrons. The highest BCUT2D eigenvalue weighted by Crippen LogP contribution is 2.23. The lowest BCUT2D eigenvalue weighted by molar-refractivity contribution is -0.116. The van der Waals surface area contributed by atoms with Crippen molar-refractivity contribution < 1.29 is 14.3 Å². The van der Waals surface area contributed by atoms with Gasteiger partial charge in [0, 0.05) is 28.9 Å². The van der Waals surface area contributed by atoms with Gasteiger partial charge >= 0.3 is 6.03 Å². The van der Waals surface area contributed by atoms with E-state index in [0.717, 1.165) is 15.9 Å². The van der Waals surface area contributed by atoms with E-state index in [1.54, 1.807) is 18.1 Å². The molecule has 1 aliphatic heterocycles. The quantitative estimate of drug-likeness (QED) is 0.832. The van der Waals surface area contributed by atoms with Crippen molar-refractivity contribution in [2.24, 2.45) is 0 Å². The Bertz CT molecular complexity index is 779. The normalized spacial score (nSPS) is 13.9. The Morgan fingerprint density at radius 1 is 1.20 bits per heavy atom. The van der Waals surface area contributed by atoms with E-state index in [-0.39, 0.29) is 18.5 Å². The fraction of sp³-hybridized carbons (Fsp3) is 0.222. The lowest BCUT2D eigenvalue weighted by Crippen LogP contribution is -2.37. The molecule has 3 rings (SSSR count). The Labute approximate surface area is 154 Å². The smallest absolute Gasteiger partial charge is 0.325 e. The second-order valence-electron chi connectivity index (χ2n) is 5.61. The maximum Gasteiger partial charge on any atom is 0.325 e. The van der Waals surface area contributed by atoms with E-state index in [9.17, 15) is 9.59 Å². The average Bonchev–Trinajstić information content (AvgIpc) is 2.95. The molecule has 25 heavy (non-hydrogen) atoms.